The highest BCUT2D eigenvalue weighted by molar-refractivity contribution is 6.62. The summed E-state index contributed by atoms with van der Waals surface area (Å²) in [5.41, 5.74) is 8.23. The van der Waals surface area contributed by atoms with Crippen LogP contribution in [-0.2, 0) is 0 Å². The fourth-order valence-electron chi connectivity index (χ4n) is 8.07. The molecule has 0 radical (unpaired) electrons. The zero-order valence-corrected chi connectivity index (χ0v) is 15.7. The Morgan fingerprint density at radius 2 is 1.09 bits per heavy atom. The largest absolute Gasteiger partial charge is 0.369 e. The van der Waals surface area contributed by atoms with Crippen molar-refractivity contribution < 1.29 is 0 Å². The molecule has 0 spiro atoms. The van der Waals surface area contributed by atoms with Crippen LogP contribution in [0.3, 0.4) is 0 Å². The first-order valence-corrected chi connectivity index (χ1v) is 9.80. The molecule has 6 rings (SSSR count). The van der Waals surface area contributed by atoms with Crippen molar-refractivity contribution in [3.63, 3.8) is 0 Å². The van der Waals surface area contributed by atoms with Crippen molar-refractivity contribution in [3.05, 3.63) is 0 Å². The van der Waals surface area contributed by atoms with Gasteiger partial charge < -0.3 is 5.64 Å². The standard InChI is InChI=1S/C20H36BN/c1-17(2)13-7-9-19(5,15(17)11-13)21(22)20(6)10-8-14-12-16(20)18(14,3)4/h13-16H,7-12,22H2,1-6H3. The zero-order valence-electron chi connectivity index (χ0n) is 15.7. The Bertz CT molecular complexity index is 450. The maximum Gasteiger partial charge on any atom is 0.230 e. The highest BCUT2D eigenvalue weighted by Crippen LogP contribution is 2.76. The fraction of sp³-hybridized carbons (Fsp3) is 1.00. The maximum absolute atomic E-state index is 7.16. The van der Waals surface area contributed by atoms with E-state index in [9.17, 15) is 0 Å². The summed E-state index contributed by atoms with van der Waals surface area (Å²) >= 11 is 0. The lowest BCUT2D eigenvalue weighted by Gasteiger charge is -2.71. The van der Waals surface area contributed by atoms with E-state index in [0.717, 1.165) is 23.7 Å². The summed E-state index contributed by atoms with van der Waals surface area (Å²) in [6.45, 7) is 15.6. The summed E-state index contributed by atoms with van der Waals surface area (Å²) < 4.78 is 0. The molecule has 0 aromatic carbocycles. The van der Waals surface area contributed by atoms with E-state index >= 15 is 0 Å². The Hall–Kier alpha value is 0.0249. The molecule has 0 heterocycles. The monoisotopic (exact) mass is 301 g/mol. The van der Waals surface area contributed by atoms with Crippen molar-refractivity contribution in [2.75, 3.05) is 0 Å². The van der Waals surface area contributed by atoms with Crippen molar-refractivity contribution in [1.82, 2.24) is 0 Å². The number of nitrogens with two attached hydrogens (primary N) is 1. The number of hydrogen-bond acceptors (Lipinski definition) is 1. The van der Waals surface area contributed by atoms with E-state index in [1.54, 1.807) is 0 Å². The Morgan fingerprint density at radius 1 is 0.727 bits per heavy atom. The van der Waals surface area contributed by atoms with Gasteiger partial charge in [-0.15, -0.1) is 0 Å². The normalized spacial score (nSPS) is 54.1. The van der Waals surface area contributed by atoms with Crippen LogP contribution in [0, 0.1) is 34.5 Å². The molecule has 1 nitrogen and oxygen atoms in total. The highest BCUT2D eigenvalue weighted by Gasteiger charge is 2.68. The minimum Gasteiger partial charge on any atom is -0.369 e. The van der Waals surface area contributed by atoms with E-state index < -0.39 is 0 Å². The third-order valence-electron chi connectivity index (χ3n) is 10.0. The van der Waals surface area contributed by atoms with Gasteiger partial charge in [-0.3, -0.25) is 0 Å². The SMILES string of the molecule is CC1(B(N)C2(C)CCC3CC2C3(C)C)CCC2CC1C2(C)C. The second-order valence-electron chi connectivity index (χ2n) is 11.2. The molecule has 6 atom stereocenters. The van der Waals surface area contributed by atoms with Crippen molar-refractivity contribution in [1.29, 1.82) is 0 Å². The predicted molar refractivity (Wildman–Crippen MR) is 95.9 cm³/mol. The summed E-state index contributed by atoms with van der Waals surface area (Å²) in [7, 11) is 0. The van der Waals surface area contributed by atoms with Crippen molar-refractivity contribution in [3.8, 4) is 0 Å². The van der Waals surface area contributed by atoms with E-state index in [1.165, 1.54) is 38.5 Å². The topological polar surface area (TPSA) is 26.0 Å². The van der Waals surface area contributed by atoms with Crippen LogP contribution >= 0.6 is 0 Å². The van der Waals surface area contributed by atoms with E-state index in [2.05, 4.69) is 41.5 Å². The molecule has 0 aromatic heterocycles. The van der Waals surface area contributed by atoms with Crippen molar-refractivity contribution >= 4 is 6.85 Å². The Kier molecular flexibility index (Phi) is 2.94. The molecule has 22 heavy (non-hydrogen) atoms. The van der Waals surface area contributed by atoms with Gasteiger partial charge in [-0.2, -0.15) is 0 Å². The summed E-state index contributed by atoms with van der Waals surface area (Å²) in [6, 6.07) is 0. The second kappa shape index (κ2) is 4.16. The summed E-state index contributed by atoms with van der Waals surface area (Å²) in [6.07, 6.45) is 8.48. The van der Waals surface area contributed by atoms with Gasteiger partial charge in [-0.25, -0.2) is 0 Å². The smallest absolute Gasteiger partial charge is 0.230 e. The zero-order chi connectivity index (χ0) is 16.1. The van der Waals surface area contributed by atoms with Gasteiger partial charge in [-0.1, -0.05) is 54.4 Å². The third-order valence-corrected chi connectivity index (χ3v) is 10.0. The van der Waals surface area contributed by atoms with E-state index in [-0.39, 0.29) is 0 Å². The van der Waals surface area contributed by atoms with Crippen LogP contribution in [0.2, 0.25) is 10.6 Å². The summed E-state index contributed by atoms with van der Waals surface area (Å²) in [5, 5.41) is 0.733. The molecule has 2 heteroatoms. The minimum atomic E-state index is 0.367. The predicted octanol–water partition coefficient (Wildman–Crippen LogP) is 5.37. The van der Waals surface area contributed by atoms with Gasteiger partial charge in [0.05, 0.1) is 0 Å². The van der Waals surface area contributed by atoms with Gasteiger partial charge in [0.25, 0.3) is 0 Å². The Labute approximate surface area is 138 Å². The van der Waals surface area contributed by atoms with Crippen LogP contribution in [-0.4, -0.2) is 6.85 Å². The molecule has 0 aromatic rings. The van der Waals surface area contributed by atoms with Gasteiger partial charge in [0.2, 0.25) is 6.85 Å². The molecule has 4 bridgehead atoms. The third kappa shape index (κ3) is 1.57. The lowest BCUT2D eigenvalue weighted by molar-refractivity contribution is -0.109. The Morgan fingerprint density at radius 3 is 1.36 bits per heavy atom. The van der Waals surface area contributed by atoms with Crippen LogP contribution in [0.1, 0.15) is 80.1 Å². The average molecular weight is 301 g/mol. The number of fused-ring (bicyclic) bond motifs is 4. The van der Waals surface area contributed by atoms with E-state index in [0.29, 0.717) is 28.3 Å². The first-order chi connectivity index (χ1) is 10.0. The van der Waals surface area contributed by atoms with Crippen molar-refractivity contribution in [2.45, 2.75) is 90.7 Å². The lowest BCUT2D eigenvalue weighted by atomic mass is 9.16. The number of hydrogen-bond donors (Lipinski definition) is 1. The average Bonchev–Trinajstić information content (AvgIpc) is 2.45. The first kappa shape index (κ1) is 15.5. The molecule has 6 aliphatic rings. The molecule has 0 saturated heterocycles. The molecule has 2 N–H and O–H groups in total. The molecule has 0 aliphatic heterocycles. The van der Waals surface area contributed by atoms with Crippen molar-refractivity contribution in [2.24, 2.45) is 40.1 Å². The molecular formula is C20H36BN. The molecule has 0 amide bonds. The fourth-order valence-corrected chi connectivity index (χ4v) is 8.07. The van der Waals surface area contributed by atoms with Gasteiger partial charge in [-0.05, 0) is 70.8 Å². The molecule has 6 aliphatic carbocycles. The van der Waals surface area contributed by atoms with Gasteiger partial charge in [0, 0.05) is 0 Å². The van der Waals surface area contributed by atoms with E-state index in [4.69, 9.17) is 5.64 Å². The van der Waals surface area contributed by atoms with Crippen LogP contribution < -0.4 is 5.64 Å². The van der Waals surface area contributed by atoms with Crippen LogP contribution in [0.5, 0.6) is 0 Å². The van der Waals surface area contributed by atoms with Gasteiger partial charge in [0.15, 0.2) is 0 Å². The first-order valence-electron chi connectivity index (χ1n) is 9.80. The second-order valence-corrected chi connectivity index (χ2v) is 11.2. The minimum absolute atomic E-state index is 0.367. The van der Waals surface area contributed by atoms with E-state index in [1.807, 2.05) is 0 Å². The summed E-state index contributed by atoms with van der Waals surface area (Å²) in [4.78, 5) is 0. The quantitative estimate of drug-likeness (QED) is 0.682. The highest BCUT2D eigenvalue weighted by atomic mass is 14.7. The van der Waals surface area contributed by atoms with Crippen LogP contribution in [0.25, 0.3) is 0 Å². The van der Waals surface area contributed by atoms with Gasteiger partial charge >= 0.3 is 0 Å². The Balaban J connectivity index is 1.65. The molecule has 6 saturated carbocycles. The lowest BCUT2D eigenvalue weighted by Crippen LogP contribution is -2.67. The summed E-state index contributed by atoms with van der Waals surface area (Å²) in [5.74, 6) is 3.65. The molecular weight excluding hydrogens is 265 g/mol. The van der Waals surface area contributed by atoms with Crippen LogP contribution in [0.4, 0.5) is 0 Å². The molecule has 6 fully saturated rings. The number of rotatable bonds is 2. The molecule has 124 valence electrons. The van der Waals surface area contributed by atoms with Gasteiger partial charge in [0.1, 0.15) is 0 Å². The molecule has 6 unspecified atom stereocenters. The van der Waals surface area contributed by atoms with Crippen LogP contribution in [0.15, 0.2) is 0 Å². The maximum atomic E-state index is 7.16.